The van der Waals surface area contributed by atoms with Crippen LogP contribution >= 0.6 is 0 Å². The number of benzene rings is 1. The van der Waals surface area contributed by atoms with Gasteiger partial charge in [-0.1, -0.05) is 37.3 Å². The lowest BCUT2D eigenvalue weighted by Crippen LogP contribution is -2.49. The molecule has 0 bridgehead atoms. The molecular weight excluding hydrogens is 258 g/mol. The minimum Gasteiger partial charge on any atom is -0.550 e. The Bertz CT molecular complexity index is 478. The van der Waals surface area contributed by atoms with Gasteiger partial charge in [0.25, 0.3) is 0 Å². The summed E-state index contributed by atoms with van der Waals surface area (Å²) in [4.78, 5) is 24.5. The number of aliphatic carboxylic acids is 1. The first kappa shape index (κ1) is 14.4. The first-order valence-electron chi connectivity index (χ1n) is 6.68. The van der Waals surface area contributed by atoms with Crippen LogP contribution in [0.3, 0.4) is 0 Å². The van der Waals surface area contributed by atoms with E-state index in [-0.39, 0.29) is 6.61 Å². The number of rotatable bonds is 3. The minimum absolute atomic E-state index is 0.230. The number of likely N-dealkylation sites (tertiary alicyclic amines) is 1. The minimum atomic E-state index is -1.05. The summed E-state index contributed by atoms with van der Waals surface area (Å²) in [6.07, 6.45) is 0.403. The van der Waals surface area contributed by atoms with Crippen LogP contribution in [-0.4, -0.2) is 30.1 Å². The first-order chi connectivity index (χ1) is 9.51. The lowest BCUT2D eigenvalue weighted by Gasteiger charge is -2.39. The van der Waals surface area contributed by atoms with Crippen molar-refractivity contribution in [3.05, 3.63) is 35.9 Å². The Kier molecular flexibility index (Phi) is 4.27. The van der Waals surface area contributed by atoms with Crippen molar-refractivity contribution in [2.75, 3.05) is 13.1 Å². The molecule has 0 saturated carbocycles. The smallest absolute Gasteiger partial charge is 0.410 e. The van der Waals surface area contributed by atoms with Gasteiger partial charge in [-0.3, -0.25) is 0 Å². The van der Waals surface area contributed by atoms with E-state index in [1.54, 1.807) is 11.8 Å². The quantitative estimate of drug-likeness (QED) is 0.831. The van der Waals surface area contributed by atoms with Crippen molar-refractivity contribution in [3.63, 3.8) is 0 Å². The molecule has 0 aromatic heterocycles. The molecule has 1 saturated heterocycles. The lowest BCUT2D eigenvalue weighted by atomic mass is 9.81. The van der Waals surface area contributed by atoms with Gasteiger partial charge in [0.05, 0.1) is 0 Å². The second-order valence-corrected chi connectivity index (χ2v) is 5.38. The van der Waals surface area contributed by atoms with Crippen molar-refractivity contribution in [1.29, 1.82) is 0 Å². The predicted molar refractivity (Wildman–Crippen MR) is 70.5 cm³/mol. The number of carboxylic acid groups (broad SMARTS) is 1. The fourth-order valence-corrected chi connectivity index (χ4v) is 2.20. The maximum atomic E-state index is 11.9. The van der Waals surface area contributed by atoms with Gasteiger partial charge in [-0.05, 0) is 18.4 Å². The Balaban J connectivity index is 1.82. The van der Waals surface area contributed by atoms with Gasteiger partial charge in [0.15, 0.2) is 0 Å². The van der Waals surface area contributed by atoms with E-state index in [0.29, 0.717) is 25.9 Å². The van der Waals surface area contributed by atoms with Crippen LogP contribution in [0.2, 0.25) is 0 Å². The molecule has 1 aliphatic rings. The maximum absolute atomic E-state index is 11.9. The van der Waals surface area contributed by atoms with Gasteiger partial charge >= 0.3 is 6.09 Å². The Hall–Kier alpha value is -2.04. The van der Waals surface area contributed by atoms with Crippen molar-refractivity contribution >= 4 is 12.1 Å². The molecule has 20 heavy (non-hydrogen) atoms. The zero-order valence-electron chi connectivity index (χ0n) is 11.5. The van der Waals surface area contributed by atoms with Gasteiger partial charge in [0, 0.05) is 24.5 Å². The number of hydrogen-bond acceptors (Lipinski definition) is 4. The molecular formula is C15H18NO4-. The summed E-state index contributed by atoms with van der Waals surface area (Å²) in [5, 5.41) is 11.0. The third-order valence-corrected chi connectivity index (χ3v) is 3.82. The molecule has 0 atom stereocenters. The zero-order chi connectivity index (χ0) is 14.6. The van der Waals surface area contributed by atoms with Gasteiger partial charge in [-0.25, -0.2) is 4.79 Å². The summed E-state index contributed by atoms with van der Waals surface area (Å²) in [6, 6.07) is 9.44. The summed E-state index contributed by atoms with van der Waals surface area (Å²) in [6.45, 7) is 2.67. The van der Waals surface area contributed by atoms with Crippen LogP contribution in [0.25, 0.3) is 0 Å². The Labute approximate surface area is 118 Å². The largest absolute Gasteiger partial charge is 0.550 e. The van der Waals surface area contributed by atoms with E-state index in [2.05, 4.69) is 0 Å². The number of hydrogen-bond donors (Lipinski definition) is 0. The van der Waals surface area contributed by atoms with E-state index >= 15 is 0 Å². The molecule has 0 unspecified atom stereocenters. The van der Waals surface area contributed by atoms with Crippen LogP contribution in [-0.2, 0) is 16.1 Å². The highest BCUT2D eigenvalue weighted by Gasteiger charge is 2.33. The van der Waals surface area contributed by atoms with Crippen molar-refractivity contribution in [2.45, 2.75) is 26.4 Å². The van der Waals surface area contributed by atoms with Crippen LogP contribution in [0.1, 0.15) is 25.3 Å². The molecule has 2 rings (SSSR count). The van der Waals surface area contributed by atoms with Crippen LogP contribution in [0, 0.1) is 5.41 Å². The molecule has 1 aromatic carbocycles. The normalized spacial score (nSPS) is 17.6. The molecule has 1 fully saturated rings. The number of amides is 1. The molecule has 1 amide bonds. The van der Waals surface area contributed by atoms with E-state index in [4.69, 9.17) is 4.74 Å². The van der Waals surface area contributed by atoms with Crippen molar-refractivity contribution in [2.24, 2.45) is 5.41 Å². The SMILES string of the molecule is CC1(C(=O)[O-])CCN(C(=O)OCc2ccccc2)CC1. The fourth-order valence-electron chi connectivity index (χ4n) is 2.20. The van der Waals surface area contributed by atoms with E-state index in [0.717, 1.165) is 5.56 Å². The van der Waals surface area contributed by atoms with E-state index in [1.165, 1.54) is 0 Å². The third kappa shape index (κ3) is 3.29. The highest BCUT2D eigenvalue weighted by Crippen LogP contribution is 2.30. The Morgan fingerprint density at radius 3 is 2.40 bits per heavy atom. The number of carbonyl (C=O) groups is 2. The third-order valence-electron chi connectivity index (χ3n) is 3.82. The van der Waals surface area contributed by atoms with Gasteiger partial charge in [-0.15, -0.1) is 0 Å². The van der Waals surface area contributed by atoms with E-state index in [1.807, 2.05) is 30.3 Å². The number of carboxylic acids is 1. The zero-order valence-corrected chi connectivity index (χ0v) is 11.5. The van der Waals surface area contributed by atoms with Crippen molar-refractivity contribution in [1.82, 2.24) is 4.90 Å². The van der Waals surface area contributed by atoms with Gasteiger partial charge in [-0.2, -0.15) is 0 Å². The number of carbonyl (C=O) groups excluding carboxylic acids is 2. The fraction of sp³-hybridized carbons (Fsp3) is 0.467. The lowest BCUT2D eigenvalue weighted by molar-refractivity contribution is -0.320. The molecule has 0 radical (unpaired) electrons. The van der Waals surface area contributed by atoms with Gasteiger partial charge in [0.1, 0.15) is 6.61 Å². The topological polar surface area (TPSA) is 69.7 Å². The summed E-state index contributed by atoms with van der Waals surface area (Å²) in [5.74, 6) is -1.05. The summed E-state index contributed by atoms with van der Waals surface area (Å²) in [7, 11) is 0. The van der Waals surface area contributed by atoms with Crippen LogP contribution < -0.4 is 5.11 Å². The molecule has 0 N–H and O–H groups in total. The average molecular weight is 276 g/mol. The van der Waals surface area contributed by atoms with Crippen LogP contribution in [0.5, 0.6) is 0 Å². The van der Waals surface area contributed by atoms with Gasteiger partial charge < -0.3 is 19.5 Å². The maximum Gasteiger partial charge on any atom is 0.410 e. The second kappa shape index (κ2) is 5.94. The second-order valence-electron chi connectivity index (χ2n) is 5.38. The predicted octanol–water partition coefficient (Wildman–Crippen LogP) is 1.18. The molecule has 108 valence electrons. The Morgan fingerprint density at radius 2 is 1.85 bits per heavy atom. The summed E-state index contributed by atoms with van der Waals surface area (Å²) < 4.78 is 5.22. The summed E-state index contributed by atoms with van der Waals surface area (Å²) >= 11 is 0. The molecule has 0 aliphatic carbocycles. The molecule has 5 nitrogen and oxygen atoms in total. The van der Waals surface area contributed by atoms with Crippen molar-refractivity contribution in [3.8, 4) is 0 Å². The Morgan fingerprint density at radius 1 is 1.25 bits per heavy atom. The molecule has 1 heterocycles. The monoisotopic (exact) mass is 276 g/mol. The van der Waals surface area contributed by atoms with Crippen LogP contribution in [0.4, 0.5) is 4.79 Å². The number of ether oxygens (including phenoxy) is 1. The van der Waals surface area contributed by atoms with Crippen LogP contribution in [0.15, 0.2) is 30.3 Å². The molecule has 1 aromatic rings. The number of piperidine rings is 1. The van der Waals surface area contributed by atoms with Crippen molar-refractivity contribution < 1.29 is 19.4 Å². The average Bonchev–Trinajstić information content (AvgIpc) is 2.46. The molecule has 1 aliphatic heterocycles. The standard InChI is InChI=1S/C15H19NO4/c1-15(13(17)18)7-9-16(10-8-15)14(19)20-11-12-5-3-2-4-6-12/h2-6H,7-11H2,1H3,(H,17,18)/p-1. The summed E-state index contributed by atoms with van der Waals surface area (Å²) in [5.41, 5.74) is 0.0911. The first-order valence-corrected chi connectivity index (χ1v) is 6.68. The van der Waals surface area contributed by atoms with Gasteiger partial charge in [0.2, 0.25) is 0 Å². The highest BCUT2D eigenvalue weighted by atomic mass is 16.6. The molecule has 0 spiro atoms. The number of nitrogens with zero attached hydrogens (tertiary/aromatic N) is 1. The van der Waals surface area contributed by atoms with E-state index < -0.39 is 17.5 Å². The van der Waals surface area contributed by atoms with E-state index in [9.17, 15) is 14.7 Å². The highest BCUT2D eigenvalue weighted by molar-refractivity contribution is 5.73. The molecule has 5 heteroatoms.